The fraction of sp³-hybridized carbons (Fsp3) is 0.348. The van der Waals surface area contributed by atoms with Crippen LogP contribution in [0.15, 0.2) is 59.4 Å². The first-order chi connectivity index (χ1) is 13.3. The SMILES string of the molecule is CC(C)(C)NC(=O)C(C1CC1)n1c(=O)c(-c2ccccc2)nc2ccccc21. The molecule has 5 nitrogen and oxygen atoms in total. The molecule has 3 aromatic rings. The van der Waals surface area contributed by atoms with Crippen LogP contribution in [0.1, 0.15) is 39.7 Å². The number of nitrogens with one attached hydrogen (secondary N) is 1. The van der Waals surface area contributed by atoms with Crippen LogP contribution in [-0.4, -0.2) is 21.0 Å². The van der Waals surface area contributed by atoms with Crippen molar-refractivity contribution in [3.8, 4) is 11.3 Å². The predicted octanol–water partition coefficient (Wildman–Crippen LogP) is 3.93. The average Bonchev–Trinajstić information content (AvgIpc) is 3.48. The highest BCUT2D eigenvalue weighted by molar-refractivity contribution is 5.85. The number of hydrogen-bond donors (Lipinski definition) is 1. The summed E-state index contributed by atoms with van der Waals surface area (Å²) in [4.78, 5) is 31.4. The predicted molar refractivity (Wildman–Crippen MR) is 111 cm³/mol. The standard InChI is InChI=1S/C23H25N3O2/c1-23(2,3)25-21(27)20(16-13-14-16)26-18-12-8-7-11-17(18)24-19(22(26)28)15-9-5-4-6-10-15/h4-12,16,20H,13-14H2,1-3H3,(H,25,27). The minimum absolute atomic E-state index is 0.104. The lowest BCUT2D eigenvalue weighted by atomic mass is 10.0. The summed E-state index contributed by atoms with van der Waals surface area (Å²) in [5.41, 5.74) is 1.99. The normalized spacial score (nSPS) is 15.4. The monoisotopic (exact) mass is 375 g/mol. The highest BCUT2D eigenvalue weighted by Gasteiger charge is 2.40. The summed E-state index contributed by atoms with van der Waals surface area (Å²) >= 11 is 0. The topological polar surface area (TPSA) is 64.0 Å². The van der Waals surface area contributed by atoms with Gasteiger partial charge in [0.1, 0.15) is 11.7 Å². The minimum Gasteiger partial charge on any atom is -0.350 e. The van der Waals surface area contributed by atoms with Crippen molar-refractivity contribution in [2.24, 2.45) is 5.92 Å². The van der Waals surface area contributed by atoms with Crippen molar-refractivity contribution < 1.29 is 4.79 Å². The molecule has 1 saturated carbocycles. The van der Waals surface area contributed by atoms with Gasteiger partial charge in [-0.15, -0.1) is 0 Å². The molecule has 1 unspecified atom stereocenters. The molecule has 2 aromatic carbocycles. The van der Waals surface area contributed by atoms with Crippen LogP contribution in [0.25, 0.3) is 22.3 Å². The first-order valence-corrected chi connectivity index (χ1v) is 9.74. The van der Waals surface area contributed by atoms with Gasteiger partial charge < -0.3 is 5.32 Å². The molecule has 1 N–H and O–H groups in total. The molecule has 4 rings (SSSR count). The zero-order valence-corrected chi connectivity index (χ0v) is 16.5. The van der Waals surface area contributed by atoms with Crippen molar-refractivity contribution in [3.05, 3.63) is 65.0 Å². The van der Waals surface area contributed by atoms with Gasteiger partial charge >= 0.3 is 0 Å². The number of aromatic nitrogens is 2. The van der Waals surface area contributed by atoms with Gasteiger partial charge in [-0.1, -0.05) is 42.5 Å². The van der Waals surface area contributed by atoms with E-state index in [1.165, 1.54) is 0 Å². The summed E-state index contributed by atoms with van der Waals surface area (Å²) < 4.78 is 1.67. The molecule has 1 aliphatic carbocycles. The maximum atomic E-state index is 13.5. The Balaban J connectivity index is 1.95. The molecule has 0 radical (unpaired) electrons. The van der Waals surface area contributed by atoms with Crippen LogP contribution in [0.2, 0.25) is 0 Å². The number of carbonyl (C=O) groups is 1. The van der Waals surface area contributed by atoms with Crippen LogP contribution in [0, 0.1) is 5.92 Å². The van der Waals surface area contributed by atoms with Crippen molar-refractivity contribution in [2.75, 3.05) is 0 Å². The Morgan fingerprint density at radius 2 is 1.71 bits per heavy atom. The Bertz CT molecular complexity index is 1080. The molecule has 1 fully saturated rings. The highest BCUT2D eigenvalue weighted by Crippen LogP contribution is 2.40. The van der Waals surface area contributed by atoms with Gasteiger partial charge in [0.2, 0.25) is 5.91 Å². The molecule has 1 aliphatic rings. The molecule has 0 aliphatic heterocycles. The van der Waals surface area contributed by atoms with Gasteiger partial charge in [-0.05, 0) is 51.7 Å². The molecule has 0 spiro atoms. The van der Waals surface area contributed by atoms with E-state index < -0.39 is 6.04 Å². The smallest absolute Gasteiger partial charge is 0.278 e. The average molecular weight is 375 g/mol. The van der Waals surface area contributed by atoms with Gasteiger partial charge in [0.15, 0.2) is 0 Å². The minimum atomic E-state index is -0.526. The fourth-order valence-electron chi connectivity index (χ4n) is 3.61. The molecule has 1 atom stereocenters. The molecule has 1 amide bonds. The second-order valence-corrected chi connectivity index (χ2v) is 8.51. The number of para-hydroxylation sites is 2. The lowest BCUT2D eigenvalue weighted by Gasteiger charge is -2.27. The molecule has 28 heavy (non-hydrogen) atoms. The Hall–Kier alpha value is -2.95. The molecule has 1 aromatic heterocycles. The summed E-state index contributed by atoms with van der Waals surface area (Å²) in [7, 11) is 0. The highest BCUT2D eigenvalue weighted by atomic mass is 16.2. The van der Waals surface area contributed by atoms with E-state index in [0.29, 0.717) is 11.2 Å². The Morgan fingerprint density at radius 3 is 2.36 bits per heavy atom. The number of nitrogens with zero attached hydrogens (tertiary/aromatic N) is 2. The Kier molecular flexibility index (Phi) is 4.53. The zero-order valence-electron chi connectivity index (χ0n) is 16.5. The lowest BCUT2D eigenvalue weighted by Crippen LogP contribution is -2.47. The maximum Gasteiger partial charge on any atom is 0.278 e. The first-order valence-electron chi connectivity index (χ1n) is 9.74. The quantitative estimate of drug-likeness (QED) is 0.751. The molecular weight excluding hydrogens is 350 g/mol. The Labute approximate surface area is 164 Å². The van der Waals surface area contributed by atoms with Crippen molar-refractivity contribution in [1.29, 1.82) is 0 Å². The van der Waals surface area contributed by atoms with Crippen LogP contribution < -0.4 is 10.9 Å². The molecule has 0 saturated heterocycles. The molecule has 144 valence electrons. The summed E-state index contributed by atoms with van der Waals surface area (Å²) in [6, 6.07) is 16.5. The van der Waals surface area contributed by atoms with Crippen molar-refractivity contribution in [2.45, 2.75) is 45.2 Å². The van der Waals surface area contributed by atoms with Crippen LogP contribution in [0.3, 0.4) is 0 Å². The number of fused-ring (bicyclic) bond motifs is 1. The van der Waals surface area contributed by atoms with E-state index in [1.807, 2.05) is 75.4 Å². The number of hydrogen-bond acceptors (Lipinski definition) is 3. The largest absolute Gasteiger partial charge is 0.350 e. The summed E-state index contributed by atoms with van der Waals surface area (Å²) in [6.07, 6.45) is 1.90. The van der Waals surface area contributed by atoms with Crippen LogP contribution >= 0.6 is 0 Å². The maximum absolute atomic E-state index is 13.5. The van der Waals surface area contributed by atoms with Crippen LogP contribution in [-0.2, 0) is 4.79 Å². The number of amides is 1. The van der Waals surface area contributed by atoms with Gasteiger partial charge in [-0.2, -0.15) is 0 Å². The van der Waals surface area contributed by atoms with Crippen molar-refractivity contribution in [1.82, 2.24) is 14.9 Å². The second kappa shape index (κ2) is 6.89. The molecule has 1 heterocycles. The van der Waals surface area contributed by atoms with Gasteiger partial charge in [-0.3, -0.25) is 14.2 Å². The van der Waals surface area contributed by atoms with E-state index in [1.54, 1.807) is 4.57 Å². The number of benzene rings is 2. The molecular formula is C23H25N3O2. The zero-order chi connectivity index (χ0) is 19.9. The van der Waals surface area contributed by atoms with E-state index >= 15 is 0 Å². The molecule has 5 heteroatoms. The third-order valence-corrected chi connectivity index (χ3v) is 4.96. The third kappa shape index (κ3) is 3.57. The van der Waals surface area contributed by atoms with E-state index in [2.05, 4.69) is 10.3 Å². The van der Waals surface area contributed by atoms with Gasteiger partial charge in [0, 0.05) is 11.1 Å². The summed E-state index contributed by atoms with van der Waals surface area (Å²) in [5.74, 6) is 0.0712. The van der Waals surface area contributed by atoms with Crippen LogP contribution in [0.4, 0.5) is 0 Å². The lowest BCUT2D eigenvalue weighted by molar-refractivity contribution is -0.126. The summed E-state index contributed by atoms with van der Waals surface area (Å²) in [6.45, 7) is 5.87. The van der Waals surface area contributed by atoms with E-state index in [9.17, 15) is 9.59 Å². The Morgan fingerprint density at radius 1 is 1.07 bits per heavy atom. The first kappa shape index (κ1) is 18.4. The second-order valence-electron chi connectivity index (χ2n) is 8.51. The van der Waals surface area contributed by atoms with Gasteiger partial charge in [0.25, 0.3) is 5.56 Å². The molecule has 0 bridgehead atoms. The van der Waals surface area contributed by atoms with Gasteiger partial charge in [0.05, 0.1) is 11.0 Å². The van der Waals surface area contributed by atoms with E-state index in [-0.39, 0.29) is 22.9 Å². The number of carbonyl (C=O) groups excluding carboxylic acids is 1. The number of rotatable bonds is 4. The summed E-state index contributed by atoms with van der Waals surface area (Å²) in [5, 5.41) is 3.07. The van der Waals surface area contributed by atoms with Gasteiger partial charge in [-0.25, -0.2) is 4.98 Å². The van der Waals surface area contributed by atoms with E-state index in [0.717, 1.165) is 23.9 Å². The van der Waals surface area contributed by atoms with Crippen LogP contribution in [0.5, 0.6) is 0 Å². The third-order valence-electron chi connectivity index (χ3n) is 4.96. The van der Waals surface area contributed by atoms with Crippen molar-refractivity contribution >= 4 is 16.9 Å². The van der Waals surface area contributed by atoms with Crippen molar-refractivity contribution in [3.63, 3.8) is 0 Å². The van der Waals surface area contributed by atoms with E-state index in [4.69, 9.17) is 0 Å². The fourth-order valence-corrected chi connectivity index (χ4v) is 3.61.